The smallest absolute Gasteiger partial charge is 0.281 e. The zero-order valence-electron chi connectivity index (χ0n) is 12.3. The molecule has 23 heavy (non-hydrogen) atoms. The highest BCUT2D eigenvalue weighted by atomic mass is 19.1. The lowest BCUT2D eigenvalue weighted by molar-refractivity contribution is 0.414. The Morgan fingerprint density at radius 1 is 1.39 bits per heavy atom. The Kier molecular flexibility index (Phi) is 4.66. The summed E-state index contributed by atoms with van der Waals surface area (Å²) >= 11 is 0. The Labute approximate surface area is 131 Å². The van der Waals surface area contributed by atoms with Crippen molar-refractivity contribution in [2.75, 3.05) is 0 Å². The van der Waals surface area contributed by atoms with E-state index < -0.39 is 17.3 Å². The molecule has 1 heterocycles. The number of halogens is 1. The lowest BCUT2D eigenvalue weighted by atomic mass is 10.1. The Morgan fingerprint density at radius 3 is 2.61 bits per heavy atom. The Hall–Kier alpha value is -3.27. The number of azo groups is 1. The van der Waals surface area contributed by atoms with Crippen molar-refractivity contribution in [3.8, 4) is 11.9 Å². The molecule has 0 bridgehead atoms. The molecule has 0 saturated heterocycles. The molecule has 2 rings (SSSR count). The van der Waals surface area contributed by atoms with Crippen LogP contribution in [0.5, 0.6) is 5.88 Å². The summed E-state index contributed by atoms with van der Waals surface area (Å²) in [6.07, 6.45) is 1.42. The predicted octanol–water partition coefficient (Wildman–Crippen LogP) is 3.47. The van der Waals surface area contributed by atoms with Gasteiger partial charge in [0.1, 0.15) is 17.4 Å². The Morgan fingerprint density at radius 2 is 2.04 bits per heavy atom. The van der Waals surface area contributed by atoms with Gasteiger partial charge in [0, 0.05) is 12.1 Å². The van der Waals surface area contributed by atoms with Crippen molar-refractivity contribution in [2.45, 2.75) is 13.5 Å². The number of nitrogens with zero attached hydrogens (tertiary/aromatic N) is 4. The summed E-state index contributed by atoms with van der Waals surface area (Å²) in [4.78, 5) is 12.4. The molecule has 0 aliphatic carbocycles. The third-order valence-corrected chi connectivity index (χ3v) is 3.17. The van der Waals surface area contributed by atoms with Crippen LogP contribution in [0.15, 0.2) is 51.9 Å². The van der Waals surface area contributed by atoms with E-state index in [-0.39, 0.29) is 23.4 Å². The Bertz CT molecular complexity index is 877. The van der Waals surface area contributed by atoms with Gasteiger partial charge in [-0.05, 0) is 31.2 Å². The van der Waals surface area contributed by atoms with Gasteiger partial charge < -0.3 is 5.11 Å². The highest BCUT2D eigenvalue weighted by Gasteiger charge is 2.18. The number of pyridine rings is 1. The van der Waals surface area contributed by atoms with Crippen LogP contribution < -0.4 is 5.56 Å². The molecule has 0 amide bonds. The average molecular weight is 312 g/mol. The molecular weight excluding hydrogens is 299 g/mol. The minimum absolute atomic E-state index is 0.0265. The monoisotopic (exact) mass is 312 g/mol. The average Bonchev–Trinajstić information content (AvgIpc) is 2.53. The van der Waals surface area contributed by atoms with Gasteiger partial charge in [-0.1, -0.05) is 6.08 Å². The summed E-state index contributed by atoms with van der Waals surface area (Å²) in [5.74, 6) is -0.847. The van der Waals surface area contributed by atoms with E-state index in [1.54, 1.807) is 0 Å². The summed E-state index contributed by atoms with van der Waals surface area (Å²) in [6, 6.07) is 7.08. The van der Waals surface area contributed by atoms with Crippen molar-refractivity contribution in [1.82, 2.24) is 4.57 Å². The molecule has 0 radical (unpaired) electrons. The van der Waals surface area contributed by atoms with Crippen molar-refractivity contribution in [2.24, 2.45) is 10.2 Å². The first-order valence-electron chi connectivity index (χ1n) is 6.64. The van der Waals surface area contributed by atoms with E-state index >= 15 is 0 Å². The van der Waals surface area contributed by atoms with Crippen molar-refractivity contribution in [3.05, 3.63) is 64.2 Å². The highest BCUT2D eigenvalue weighted by molar-refractivity contribution is 5.56. The van der Waals surface area contributed by atoms with E-state index in [1.165, 1.54) is 37.3 Å². The summed E-state index contributed by atoms with van der Waals surface area (Å²) in [7, 11) is 0. The number of benzene rings is 1. The first-order valence-corrected chi connectivity index (χ1v) is 6.64. The minimum atomic E-state index is -0.593. The zero-order valence-corrected chi connectivity index (χ0v) is 12.3. The van der Waals surface area contributed by atoms with Gasteiger partial charge in [0.05, 0.1) is 5.69 Å². The quantitative estimate of drug-likeness (QED) is 0.692. The molecular formula is C16H13FN4O2. The second kappa shape index (κ2) is 6.66. The molecule has 6 nitrogen and oxygen atoms in total. The van der Waals surface area contributed by atoms with Crippen molar-refractivity contribution in [3.63, 3.8) is 0 Å². The topological polar surface area (TPSA) is 90.7 Å². The van der Waals surface area contributed by atoms with Gasteiger partial charge in [0.25, 0.3) is 5.56 Å². The lowest BCUT2D eigenvalue weighted by Gasteiger charge is -2.11. The summed E-state index contributed by atoms with van der Waals surface area (Å²) in [5, 5.41) is 26.9. The number of nitriles is 1. The molecule has 0 fully saturated rings. The van der Waals surface area contributed by atoms with Crippen LogP contribution in [-0.2, 0) is 6.54 Å². The van der Waals surface area contributed by atoms with Crippen LogP contribution in [0.4, 0.5) is 15.8 Å². The molecule has 1 N–H and O–H groups in total. The van der Waals surface area contributed by atoms with E-state index in [0.29, 0.717) is 5.69 Å². The van der Waals surface area contributed by atoms with Gasteiger partial charge in [-0.25, -0.2) is 4.39 Å². The first-order chi connectivity index (χ1) is 11.0. The number of aromatic hydroxyl groups is 1. The van der Waals surface area contributed by atoms with Crippen molar-refractivity contribution < 1.29 is 9.50 Å². The van der Waals surface area contributed by atoms with Gasteiger partial charge >= 0.3 is 0 Å². The summed E-state index contributed by atoms with van der Waals surface area (Å²) < 4.78 is 13.8. The zero-order chi connectivity index (χ0) is 17.0. The second-order valence-corrected chi connectivity index (χ2v) is 4.66. The molecule has 0 atom stereocenters. The molecule has 116 valence electrons. The fourth-order valence-corrected chi connectivity index (χ4v) is 1.97. The predicted molar refractivity (Wildman–Crippen MR) is 82.6 cm³/mol. The van der Waals surface area contributed by atoms with Gasteiger partial charge in [-0.2, -0.15) is 10.4 Å². The van der Waals surface area contributed by atoms with E-state index in [0.717, 1.165) is 4.57 Å². The number of aromatic nitrogens is 1. The number of hydrogen-bond donors (Lipinski definition) is 1. The van der Waals surface area contributed by atoms with Crippen molar-refractivity contribution in [1.29, 1.82) is 5.26 Å². The molecule has 0 aliphatic rings. The van der Waals surface area contributed by atoms with E-state index in [1.807, 2.05) is 6.07 Å². The molecule has 7 heteroatoms. The van der Waals surface area contributed by atoms with Crippen LogP contribution in [0.25, 0.3) is 0 Å². The normalized spacial score (nSPS) is 10.7. The molecule has 0 aliphatic heterocycles. The maximum Gasteiger partial charge on any atom is 0.281 e. The molecule has 1 aromatic heterocycles. The second-order valence-electron chi connectivity index (χ2n) is 4.66. The van der Waals surface area contributed by atoms with Crippen molar-refractivity contribution >= 4 is 11.4 Å². The van der Waals surface area contributed by atoms with Crippen LogP contribution in [0.1, 0.15) is 11.1 Å². The summed E-state index contributed by atoms with van der Waals surface area (Å²) in [6.45, 7) is 5.03. The third kappa shape index (κ3) is 3.16. The molecule has 0 unspecified atom stereocenters. The number of allylic oxidation sites excluding steroid dienone is 1. The van der Waals surface area contributed by atoms with E-state index in [2.05, 4.69) is 16.8 Å². The number of hydrogen-bond acceptors (Lipinski definition) is 5. The standard InChI is InChI=1S/C16H13FN4O2/c1-3-8-21-15(22)13(9-18)10(2)14(16(21)23)20-19-12-6-4-11(17)5-7-12/h3-7,22H,1,8H2,2H3. The minimum Gasteiger partial charge on any atom is -0.493 e. The maximum atomic E-state index is 12.9. The fourth-order valence-electron chi connectivity index (χ4n) is 1.97. The molecule has 2 aromatic rings. The van der Waals surface area contributed by atoms with Crippen LogP contribution in [0.3, 0.4) is 0 Å². The van der Waals surface area contributed by atoms with E-state index in [9.17, 15) is 14.3 Å². The van der Waals surface area contributed by atoms with Crippen LogP contribution in [-0.4, -0.2) is 9.67 Å². The van der Waals surface area contributed by atoms with Crippen LogP contribution in [0, 0.1) is 24.1 Å². The SMILES string of the molecule is C=CCn1c(O)c(C#N)c(C)c(N=Nc2ccc(F)cc2)c1=O. The molecule has 0 spiro atoms. The number of rotatable bonds is 4. The molecule has 0 saturated carbocycles. The van der Waals surface area contributed by atoms with Crippen LogP contribution in [0.2, 0.25) is 0 Å². The lowest BCUT2D eigenvalue weighted by Crippen LogP contribution is -2.21. The highest BCUT2D eigenvalue weighted by Crippen LogP contribution is 2.26. The van der Waals surface area contributed by atoms with Gasteiger partial charge in [-0.15, -0.1) is 11.7 Å². The van der Waals surface area contributed by atoms with Gasteiger partial charge in [0.2, 0.25) is 5.88 Å². The van der Waals surface area contributed by atoms with Gasteiger partial charge in [0.15, 0.2) is 5.69 Å². The maximum absolute atomic E-state index is 12.9. The third-order valence-electron chi connectivity index (χ3n) is 3.17. The first kappa shape index (κ1) is 16.1. The molecule has 1 aromatic carbocycles. The Balaban J connectivity index is 2.60. The fraction of sp³-hybridized carbons (Fsp3) is 0.125. The van der Waals surface area contributed by atoms with Crippen LogP contribution >= 0.6 is 0 Å². The summed E-state index contributed by atoms with van der Waals surface area (Å²) in [5.41, 5.74) is -0.136. The van der Waals surface area contributed by atoms with E-state index in [4.69, 9.17) is 5.26 Å². The largest absolute Gasteiger partial charge is 0.493 e. The van der Waals surface area contributed by atoms with Gasteiger partial charge in [-0.3, -0.25) is 9.36 Å².